The number of aromatic nitrogens is 3. The topological polar surface area (TPSA) is 92.4 Å². The number of nitrogens with zero attached hydrogens (tertiary/aromatic N) is 5. The third kappa shape index (κ3) is 3.50. The van der Waals surface area contributed by atoms with Crippen LogP contribution in [0.15, 0.2) is 52.0 Å². The van der Waals surface area contributed by atoms with Gasteiger partial charge in [-0.15, -0.1) is 0 Å². The lowest BCUT2D eigenvalue weighted by atomic mass is 10.2. The number of alkyl halides is 3. The molecule has 32 heavy (non-hydrogen) atoms. The Balaban J connectivity index is 1.31. The van der Waals surface area contributed by atoms with E-state index in [0.29, 0.717) is 18.8 Å². The quantitative estimate of drug-likeness (QED) is 0.543. The van der Waals surface area contributed by atoms with Gasteiger partial charge in [-0.3, -0.25) is 0 Å². The highest BCUT2D eigenvalue weighted by Gasteiger charge is 2.48. The molecule has 0 spiro atoms. The first-order valence-electron chi connectivity index (χ1n) is 9.54. The molecule has 0 saturated carbocycles. The summed E-state index contributed by atoms with van der Waals surface area (Å²) < 4.78 is 82.5. The molecule has 8 nitrogen and oxygen atoms in total. The minimum absolute atomic E-state index is 0.0406. The van der Waals surface area contributed by atoms with Crippen molar-refractivity contribution in [2.75, 3.05) is 18.0 Å². The molecule has 13 heteroatoms. The van der Waals surface area contributed by atoms with E-state index in [1.54, 1.807) is 6.07 Å². The number of hydrogen-bond donors (Lipinski definition) is 0. The molecule has 1 aromatic carbocycles. The molecule has 2 aliphatic rings. The molecular formula is C19H15F4N5O3S. The summed E-state index contributed by atoms with van der Waals surface area (Å²) in [4.78, 5) is 9.63. The fourth-order valence-electron chi connectivity index (χ4n) is 4.09. The molecule has 2 unspecified atom stereocenters. The Hall–Kier alpha value is -3.06. The molecule has 2 atom stereocenters. The third-order valence-corrected chi connectivity index (χ3v) is 7.51. The molecule has 4 heterocycles. The molecular weight excluding hydrogens is 454 g/mol. The van der Waals surface area contributed by atoms with E-state index < -0.39 is 27.9 Å². The monoisotopic (exact) mass is 469 g/mol. The summed E-state index contributed by atoms with van der Waals surface area (Å²) in [5, 5.41) is 3.33. The molecule has 0 radical (unpaired) electrons. The normalized spacial score (nSPS) is 21.4. The van der Waals surface area contributed by atoms with Crippen LogP contribution in [0.3, 0.4) is 0 Å². The lowest BCUT2D eigenvalue weighted by Crippen LogP contribution is -2.48. The number of halogens is 4. The van der Waals surface area contributed by atoms with E-state index in [2.05, 4.69) is 19.6 Å². The second-order valence-corrected chi connectivity index (χ2v) is 9.44. The number of pyridine rings is 1. The van der Waals surface area contributed by atoms with E-state index in [-0.39, 0.29) is 34.9 Å². The summed E-state index contributed by atoms with van der Waals surface area (Å²) in [6.07, 6.45) is -2.77. The summed E-state index contributed by atoms with van der Waals surface area (Å²) in [6, 6.07) is 7.51. The van der Waals surface area contributed by atoms with Gasteiger partial charge in [0, 0.05) is 36.9 Å². The second kappa shape index (κ2) is 7.24. The smallest absolute Gasteiger partial charge is 0.351 e. The van der Waals surface area contributed by atoms with Crippen LogP contribution in [0.4, 0.5) is 23.4 Å². The van der Waals surface area contributed by atoms with Crippen LogP contribution >= 0.6 is 0 Å². The van der Waals surface area contributed by atoms with Crippen molar-refractivity contribution in [3.8, 4) is 11.4 Å². The van der Waals surface area contributed by atoms with Crippen molar-refractivity contribution in [2.24, 2.45) is 0 Å². The molecule has 2 fully saturated rings. The minimum Gasteiger partial charge on any atom is -0.351 e. The average molecular weight is 469 g/mol. The van der Waals surface area contributed by atoms with Crippen LogP contribution < -0.4 is 4.90 Å². The highest BCUT2D eigenvalue weighted by molar-refractivity contribution is 7.89. The fraction of sp³-hybridized carbons (Fsp3) is 0.316. The lowest BCUT2D eigenvalue weighted by Gasteiger charge is -2.34. The molecule has 2 aliphatic heterocycles. The predicted molar refractivity (Wildman–Crippen MR) is 102 cm³/mol. The fourth-order valence-corrected chi connectivity index (χ4v) is 5.76. The molecule has 0 N–H and O–H groups in total. The van der Waals surface area contributed by atoms with Crippen molar-refractivity contribution in [3.05, 3.63) is 54.3 Å². The van der Waals surface area contributed by atoms with Gasteiger partial charge in [0.25, 0.3) is 0 Å². The molecule has 2 saturated heterocycles. The zero-order valence-corrected chi connectivity index (χ0v) is 17.0. The summed E-state index contributed by atoms with van der Waals surface area (Å²) in [7, 11) is -3.74. The maximum atomic E-state index is 13.1. The molecule has 2 aromatic heterocycles. The van der Waals surface area contributed by atoms with E-state index in [0.717, 1.165) is 12.1 Å². The number of piperazine rings is 1. The standard InChI is InChI=1S/C19H15F4N5O3S/c20-12-2-4-15(5-3-12)32(29,30)28-10-13-7-14(28)9-27(13)16-6-1-11(8-24-16)17-25-18(31-26-17)19(21,22)23/h1-6,8,13-14H,7,9-10H2. The van der Waals surface area contributed by atoms with Gasteiger partial charge in [0.15, 0.2) is 0 Å². The Kier molecular flexibility index (Phi) is 4.71. The van der Waals surface area contributed by atoms with Crippen molar-refractivity contribution >= 4 is 15.8 Å². The summed E-state index contributed by atoms with van der Waals surface area (Å²) >= 11 is 0. The van der Waals surface area contributed by atoms with E-state index in [1.165, 1.54) is 28.7 Å². The largest absolute Gasteiger partial charge is 0.471 e. The first kappa shape index (κ1) is 20.8. The van der Waals surface area contributed by atoms with Gasteiger partial charge in [-0.05, 0) is 42.8 Å². The van der Waals surface area contributed by atoms with Gasteiger partial charge in [-0.2, -0.15) is 22.5 Å². The average Bonchev–Trinajstić information content (AvgIpc) is 3.49. The number of anilines is 1. The number of sulfonamides is 1. The molecule has 3 aromatic rings. The number of fused-ring (bicyclic) bond motifs is 2. The zero-order chi connectivity index (χ0) is 22.7. The number of rotatable bonds is 4. The Morgan fingerprint density at radius 1 is 1.03 bits per heavy atom. The summed E-state index contributed by atoms with van der Waals surface area (Å²) in [5.41, 5.74) is 0.262. The Morgan fingerprint density at radius 2 is 1.78 bits per heavy atom. The Morgan fingerprint density at radius 3 is 2.34 bits per heavy atom. The van der Waals surface area contributed by atoms with Gasteiger partial charge in [-0.1, -0.05) is 5.16 Å². The van der Waals surface area contributed by atoms with Crippen molar-refractivity contribution in [2.45, 2.75) is 29.6 Å². The first-order valence-corrected chi connectivity index (χ1v) is 11.0. The second-order valence-electron chi connectivity index (χ2n) is 7.55. The van der Waals surface area contributed by atoms with Crippen molar-refractivity contribution < 1.29 is 30.5 Å². The number of benzene rings is 1. The van der Waals surface area contributed by atoms with Crippen LogP contribution in [-0.2, 0) is 16.2 Å². The summed E-state index contributed by atoms with van der Waals surface area (Å²) in [6.45, 7) is 0.672. The molecule has 5 rings (SSSR count). The van der Waals surface area contributed by atoms with Crippen LogP contribution in [0.2, 0.25) is 0 Å². The molecule has 168 valence electrons. The summed E-state index contributed by atoms with van der Waals surface area (Å²) in [5.74, 6) is -1.60. The van der Waals surface area contributed by atoms with E-state index >= 15 is 0 Å². The van der Waals surface area contributed by atoms with Crippen LogP contribution in [-0.4, -0.2) is 53.0 Å². The molecule has 0 aliphatic carbocycles. The highest BCUT2D eigenvalue weighted by Crippen LogP contribution is 2.37. The SMILES string of the molecule is O=S(=O)(c1ccc(F)cc1)N1CC2CC1CN2c1ccc(-c2noc(C(F)(F)F)n2)cn1. The maximum absolute atomic E-state index is 13.1. The van der Waals surface area contributed by atoms with Gasteiger partial charge in [-0.25, -0.2) is 17.8 Å². The molecule has 0 amide bonds. The number of hydrogen-bond acceptors (Lipinski definition) is 7. The Labute approximate surface area is 179 Å². The van der Waals surface area contributed by atoms with Crippen LogP contribution in [0.1, 0.15) is 12.3 Å². The third-order valence-electron chi connectivity index (χ3n) is 5.58. The van der Waals surface area contributed by atoms with Gasteiger partial charge in [0.1, 0.15) is 11.6 Å². The molecule has 2 bridgehead atoms. The van der Waals surface area contributed by atoms with Crippen molar-refractivity contribution in [1.82, 2.24) is 19.4 Å². The van der Waals surface area contributed by atoms with E-state index in [9.17, 15) is 26.0 Å². The van der Waals surface area contributed by atoms with Crippen LogP contribution in [0, 0.1) is 5.82 Å². The lowest BCUT2D eigenvalue weighted by molar-refractivity contribution is -0.159. The van der Waals surface area contributed by atoms with Crippen LogP contribution in [0.25, 0.3) is 11.4 Å². The predicted octanol–water partition coefficient (Wildman–Crippen LogP) is 2.94. The van der Waals surface area contributed by atoms with E-state index in [4.69, 9.17) is 0 Å². The van der Waals surface area contributed by atoms with Crippen molar-refractivity contribution in [1.29, 1.82) is 0 Å². The van der Waals surface area contributed by atoms with Crippen LogP contribution in [0.5, 0.6) is 0 Å². The zero-order valence-electron chi connectivity index (χ0n) is 16.2. The van der Waals surface area contributed by atoms with Gasteiger partial charge >= 0.3 is 12.1 Å². The minimum atomic E-state index is -4.73. The Bertz CT molecular complexity index is 1250. The van der Waals surface area contributed by atoms with E-state index in [1.807, 2.05) is 4.90 Å². The van der Waals surface area contributed by atoms with Gasteiger partial charge in [0.2, 0.25) is 15.8 Å². The highest BCUT2D eigenvalue weighted by atomic mass is 32.2. The van der Waals surface area contributed by atoms with Crippen molar-refractivity contribution in [3.63, 3.8) is 0 Å². The first-order chi connectivity index (χ1) is 15.1. The maximum Gasteiger partial charge on any atom is 0.471 e. The van der Waals surface area contributed by atoms with Gasteiger partial charge < -0.3 is 9.42 Å². The van der Waals surface area contributed by atoms with Gasteiger partial charge in [0.05, 0.1) is 4.90 Å².